The van der Waals surface area contributed by atoms with Crippen molar-refractivity contribution in [3.8, 4) is 11.5 Å². The van der Waals surface area contributed by atoms with E-state index in [-0.39, 0.29) is 6.04 Å². The lowest BCUT2D eigenvalue weighted by Crippen LogP contribution is -2.39. The maximum Gasteiger partial charge on any atom is 0.320 e. The maximum absolute atomic E-state index is 11.8. The molecule has 146 valence electrons. The molecule has 1 aromatic carbocycles. The second-order valence-electron chi connectivity index (χ2n) is 6.35. The Kier molecular flexibility index (Phi) is 6.78. The van der Waals surface area contributed by atoms with Crippen LogP contribution in [0.15, 0.2) is 34.1 Å². The molecule has 2 atom stereocenters. The largest absolute Gasteiger partial charge is 0.490 e. The van der Waals surface area contributed by atoms with E-state index in [9.17, 15) is 9.90 Å². The lowest BCUT2D eigenvalue weighted by atomic mass is 10.0. The van der Waals surface area contributed by atoms with Crippen LogP contribution in [0.25, 0.3) is 0 Å². The molecule has 27 heavy (non-hydrogen) atoms. The second-order valence-corrected chi connectivity index (χ2v) is 8.85. The molecule has 3 rings (SSSR count). The fourth-order valence-corrected chi connectivity index (χ4v) is 5.17. The molecule has 1 aromatic heterocycles. The van der Waals surface area contributed by atoms with Crippen LogP contribution in [0, 0.1) is 0 Å². The van der Waals surface area contributed by atoms with E-state index in [1.54, 1.807) is 11.3 Å². The van der Waals surface area contributed by atoms with Crippen LogP contribution in [0.2, 0.25) is 0 Å². The van der Waals surface area contributed by atoms with E-state index < -0.39 is 12.0 Å². The van der Waals surface area contributed by atoms with Crippen molar-refractivity contribution in [3.05, 3.63) is 44.6 Å². The third-order valence-electron chi connectivity index (χ3n) is 4.66. The summed E-state index contributed by atoms with van der Waals surface area (Å²) in [5.74, 6) is 0.651. The molecule has 1 aliphatic rings. The van der Waals surface area contributed by atoms with Crippen molar-refractivity contribution in [1.82, 2.24) is 4.90 Å². The lowest BCUT2D eigenvalue weighted by Gasteiger charge is -2.31. The molecule has 0 radical (unpaired) electrons. The molecular formula is C20H24BrNO4S. The molecule has 1 N–H and O–H groups in total. The van der Waals surface area contributed by atoms with Crippen molar-refractivity contribution in [2.45, 2.75) is 38.8 Å². The molecule has 2 unspecified atom stereocenters. The molecule has 7 heteroatoms. The van der Waals surface area contributed by atoms with Crippen LogP contribution in [0.4, 0.5) is 0 Å². The molecular weight excluding hydrogens is 430 g/mol. The zero-order chi connectivity index (χ0) is 19.4. The van der Waals surface area contributed by atoms with Crippen LogP contribution in [0.3, 0.4) is 0 Å². The van der Waals surface area contributed by atoms with E-state index in [1.807, 2.05) is 38.1 Å². The predicted octanol–water partition coefficient (Wildman–Crippen LogP) is 4.95. The number of hydrogen-bond donors (Lipinski definition) is 1. The average molecular weight is 454 g/mol. The topological polar surface area (TPSA) is 59.0 Å². The fourth-order valence-electron chi connectivity index (χ4n) is 3.60. The Bertz CT molecular complexity index is 794. The van der Waals surface area contributed by atoms with Gasteiger partial charge in [0.1, 0.15) is 6.04 Å². The van der Waals surface area contributed by atoms with Crippen LogP contribution in [0.5, 0.6) is 11.5 Å². The van der Waals surface area contributed by atoms with Gasteiger partial charge in [-0.15, -0.1) is 11.3 Å². The predicted molar refractivity (Wildman–Crippen MR) is 110 cm³/mol. The van der Waals surface area contributed by atoms with E-state index in [1.165, 1.54) is 0 Å². The highest BCUT2D eigenvalue weighted by molar-refractivity contribution is 9.11. The smallest absolute Gasteiger partial charge is 0.320 e. The Morgan fingerprint density at radius 1 is 1.26 bits per heavy atom. The Balaban J connectivity index is 2.05. The molecule has 0 spiro atoms. The van der Waals surface area contributed by atoms with Crippen molar-refractivity contribution in [3.63, 3.8) is 0 Å². The molecule has 1 aliphatic heterocycles. The zero-order valence-corrected chi connectivity index (χ0v) is 17.9. The highest BCUT2D eigenvalue weighted by Crippen LogP contribution is 2.41. The summed E-state index contributed by atoms with van der Waals surface area (Å²) in [7, 11) is 0. The highest BCUT2D eigenvalue weighted by atomic mass is 79.9. The summed E-state index contributed by atoms with van der Waals surface area (Å²) >= 11 is 5.17. The summed E-state index contributed by atoms with van der Waals surface area (Å²) in [5, 5.41) is 9.69. The van der Waals surface area contributed by atoms with Crippen molar-refractivity contribution in [1.29, 1.82) is 0 Å². The van der Waals surface area contributed by atoms with Gasteiger partial charge in [0.15, 0.2) is 11.5 Å². The number of carboxylic acids is 1. The molecule has 1 saturated heterocycles. The summed E-state index contributed by atoms with van der Waals surface area (Å²) in [4.78, 5) is 15.0. The Morgan fingerprint density at radius 2 is 2.00 bits per heavy atom. The number of carbonyl (C=O) groups is 1. The number of rotatable bonds is 8. The standard InChI is InChI=1S/C20H24BrNO4S/c1-3-25-15-8-7-13(12-16(15)26-4-2)19(17-9-10-18(21)27-17)22-11-5-6-14(22)20(23)24/h7-10,12,14,19H,3-6,11H2,1-2H3,(H,23,24). The number of ether oxygens (including phenoxy) is 2. The van der Waals surface area contributed by atoms with Crippen LogP contribution in [-0.2, 0) is 4.79 Å². The molecule has 0 bridgehead atoms. The number of carboxylic acid groups (broad SMARTS) is 1. The zero-order valence-electron chi connectivity index (χ0n) is 15.5. The summed E-state index contributed by atoms with van der Waals surface area (Å²) in [6, 6.07) is 9.40. The first-order chi connectivity index (χ1) is 13.0. The van der Waals surface area contributed by atoms with Gasteiger partial charge in [-0.3, -0.25) is 9.69 Å². The minimum Gasteiger partial charge on any atom is -0.490 e. The molecule has 2 heterocycles. The minimum absolute atomic E-state index is 0.125. The van der Waals surface area contributed by atoms with Gasteiger partial charge < -0.3 is 14.6 Å². The van der Waals surface area contributed by atoms with Gasteiger partial charge in [0, 0.05) is 11.4 Å². The van der Waals surface area contributed by atoms with Gasteiger partial charge in [-0.05, 0) is 72.4 Å². The van der Waals surface area contributed by atoms with Crippen molar-refractivity contribution < 1.29 is 19.4 Å². The number of likely N-dealkylation sites (tertiary alicyclic amines) is 1. The lowest BCUT2D eigenvalue weighted by molar-refractivity contribution is -0.142. The van der Waals surface area contributed by atoms with Crippen molar-refractivity contribution in [2.75, 3.05) is 19.8 Å². The van der Waals surface area contributed by atoms with Gasteiger partial charge >= 0.3 is 5.97 Å². The first kappa shape index (κ1) is 20.2. The van der Waals surface area contributed by atoms with Gasteiger partial charge in [0.2, 0.25) is 0 Å². The van der Waals surface area contributed by atoms with Crippen LogP contribution in [-0.4, -0.2) is 41.8 Å². The second kappa shape index (κ2) is 9.08. The Hall–Kier alpha value is -1.57. The summed E-state index contributed by atoms with van der Waals surface area (Å²) in [5.41, 5.74) is 1.02. The van der Waals surface area contributed by atoms with Crippen LogP contribution in [0.1, 0.15) is 43.2 Å². The summed E-state index contributed by atoms with van der Waals surface area (Å²) < 4.78 is 12.5. The van der Waals surface area contributed by atoms with Crippen LogP contribution >= 0.6 is 27.3 Å². The third kappa shape index (κ3) is 4.47. The third-order valence-corrected chi connectivity index (χ3v) is 6.33. The molecule has 0 aliphatic carbocycles. The Morgan fingerprint density at radius 3 is 2.63 bits per heavy atom. The quantitative estimate of drug-likeness (QED) is 0.612. The number of nitrogens with zero attached hydrogens (tertiary/aromatic N) is 1. The number of hydrogen-bond acceptors (Lipinski definition) is 5. The van der Waals surface area contributed by atoms with Crippen molar-refractivity contribution >= 4 is 33.2 Å². The fraction of sp³-hybridized carbons (Fsp3) is 0.450. The van der Waals surface area contributed by atoms with E-state index >= 15 is 0 Å². The minimum atomic E-state index is -0.760. The van der Waals surface area contributed by atoms with Gasteiger partial charge in [0.25, 0.3) is 0 Å². The molecule has 2 aromatic rings. The van der Waals surface area contributed by atoms with Gasteiger partial charge in [-0.1, -0.05) is 6.07 Å². The van der Waals surface area contributed by atoms with Gasteiger partial charge in [0.05, 0.1) is 23.0 Å². The maximum atomic E-state index is 11.8. The Labute approximate surface area is 172 Å². The summed E-state index contributed by atoms with van der Waals surface area (Å²) in [6.07, 6.45) is 1.56. The van der Waals surface area contributed by atoms with Crippen LogP contribution < -0.4 is 9.47 Å². The number of aliphatic carboxylic acids is 1. The van der Waals surface area contributed by atoms with Crippen molar-refractivity contribution in [2.24, 2.45) is 0 Å². The van der Waals surface area contributed by atoms with E-state index in [0.29, 0.717) is 31.1 Å². The van der Waals surface area contributed by atoms with Gasteiger partial charge in [-0.25, -0.2) is 0 Å². The average Bonchev–Trinajstić information content (AvgIpc) is 3.27. The summed E-state index contributed by atoms with van der Waals surface area (Å²) in [6.45, 7) is 5.75. The first-order valence-electron chi connectivity index (χ1n) is 9.18. The van der Waals surface area contributed by atoms with E-state index in [0.717, 1.165) is 27.2 Å². The SMILES string of the molecule is CCOc1ccc(C(c2ccc(Br)s2)N2CCCC2C(=O)O)cc1OCC. The molecule has 0 saturated carbocycles. The van der Waals surface area contributed by atoms with Gasteiger partial charge in [-0.2, -0.15) is 0 Å². The highest BCUT2D eigenvalue weighted by Gasteiger charge is 2.37. The molecule has 0 amide bonds. The van der Waals surface area contributed by atoms with E-state index in [2.05, 4.69) is 26.9 Å². The molecule has 5 nitrogen and oxygen atoms in total. The number of halogens is 1. The van der Waals surface area contributed by atoms with E-state index in [4.69, 9.17) is 9.47 Å². The monoisotopic (exact) mass is 453 g/mol. The first-order valence-corrected chi connectivity index (χ1v) is 10.8. The number of thiophene rings is 1. The number of benzene rings is 1. The molecule has 1 fully saturated rings. The normalized spacial score (nSPS) is 18.4.